The highest BCUT2D eigenvalue weighted by molar-refractivity contribution is 9.10. The molecule has 0 aliphatic rings. The predicted octanol–water partition coefficient (Wildman–Crippen LogP) is 4.88. The lowest BCUT2D eigenvalue weighted by Crippen LogP contribution is -2.21. The van der Waals surface area contributed by atoms with Crippen LogP contribution in [0.5, 0.6) is 5.75 Å². The third kappa shape index (κ3) is 3.77. The van der Waals surface area contributed by atoms with Gasteiger partial charge < -0.3 is 9.64 Å². The lowest BCUT2D eigenvalue weighted by molar-refractivity contribution is 0.0827. The first-order valence-corrected chi connectivity index (χ1v) is 8.45. The molecule has 0 aliphatic carbocycles. The van der Waals surface area contributed by atoms with E-state index >= 15 is 0 Å². The molecule has 3 nitrogen and oxygen atoms in total. The van der Waals surface area contributed by atoms with Crippen molar-refractivity contribution in [3.8, 4) is 5.75 Å². The quantitative estimate of drug-likeness (QED) is 0.642. The predicted molar refractivity (Wildman–Crippen MR) is 100 cm³/mol. The molecule has 3 aromatic rings. The molecule has 0 saturated heterocycles. The molecule has 122 valence electrons. The van der Waals surface area contributed by atoms with E-state index in [-0.39, 0.29) is 5.91 Å². The average molecular weight is 384 g/mol. The molecule has 0 atom stereocenters. The second-order valence-corrected chi connectivity index (χ2v) is 6.75. The SMILES string of the molecule is CN(C)C(=O)c1ccc(COc2ccc3cc(Br)ccc3c2)cc1. The van der Waals surface area contributed by atoms with E-state index in [0.717, 1.165) is 21.2 Å². The molecule has 0 spiro atoms. The fourth-order valence-electron chi connectivity index (χ4n) is 2.45. The first-order chi connectivity index (χ1) is 11.5. The molecule has 1 amide bonds. The lowest BCUT2D eigenvalue weighted by atomic mass is 10.1. The Kier molecular flexibility index (Phi) is 4.86. The van der Waals surface area contributed by atoms with Crippen LogP contribution in [-0.4, -0.2) is 24.9 Å². The van der Waals surface area contributed by atoms with Crippen LogP contribution in [-0.2, 0) is 6.61 Å². The number of amides is 1. The van der Waals surface area contributed by atoms with Crippen LogP contribution in [0.1, 0.15) is 15.9 Å². The summed E-state index contributed by atoms with van der Waals surface area (Å²) in [6.07, 6.45) is 0. The van der Waals surface area contributed by atoms with Gasteiger partial charge in [-0.05, 0) is 52.7 Å². The lowest BCUT2D eigenvalue weighted by Gasteiger charge is -2.11. The van der Waals surface area contributed by atoms with Crippen LogP contribution in [0, 0.1) is 0 Å². The van der Waals surface area contributed by atoms with E-state index in [1.165, 1.54) is 5.39 Å². The van der Waals surface area contributed by atoms with E-state index in [4.69, 9.17) is 4.74 Å². The van der Waals surface area contributed by atoms with Gasteiger partial charge in [-0.15, -0.1) is 0 Å². The number of hydrogen-bond donors (Lipinski definition) is 0. The summed E-state index contributed by atoms with van der Waals surface area (Å²) in [6, 6.07) is 19.7. The molecule has 0 aromatic heterocycles. The summed E-state index contributed by atoms with van der Waals surface area (Å²) in [4.78, 5) is 13.4. The first-order valence-electron chi connectivity index (χ1n) is 7.65. The van der Waals surface area contributed by atoms with Gasteiger partial charge in [0.15, 0.2) is 0 Å². The van der Waals surface area contributed by atoms with Crippen molar-refractivity contribution in [2.24, 2.45) is 0 Å². The smallest absolute Gasteiger partial charge is 0.253 e. The summed E-state index contributed by atoms with van der Waals surface area (Å²) in [5, 5.41) is 2.31. The monoisotopic (exact) mass is 383 g/mol. The van der Waals surface area contributed by atoms with Gasteiger partial charge in [-0.1, -0.05) is 40.2 Å². The third-order valence-corrected chi connectivity index (χ3v) is 4.28. The van der Waals surface area contributed by atoms with E-state index in [9.17, 15) is 4.79 Å². The van der Waals surface area contributed by atoms with E-state index in [1.54, 1.807) is 19.0 Å². The van der Waals surface area contributed by atoms with Gasteiger partial charge in [-0.2, -0.15) is 0 Å². The van der Waals surface area contributed by atoms with Gasteiger partial charge in [0.2, 0.25) is 0 Å². The van der Waals surface area contributed by atoms with Gasteiger partial charge in [0.1, 0.15) is 12.4 Å². The zero-order chi connectivity index (χ0) is 17.1. The minimum Gasteiger partial charge on any atom is -0.489 e. The van der Waals surface area contributed by atoms with Crippen molar-refractivity contribution < 1.29 is 9.53 Å². The molecule has 3 rings (SSSR count). The van der Waals surface area contributed by atoms with Crippen molar-refractivity contribution in [2.45, 2.75) is 6.61 Å². The zero-order valence-corrected chi connectivity index (χ0v) is 15.2. The number of hydrogen-bond acceptors (Lipinski definition) is 2. The molecule has 24 heavy (non-hydrogen) atoms. The van der Waals surface area contributed by atoms with Gasteiger partial charge in [0.05, 0.1) is 0 Å². The van der Waals surface area contributed by atoms with E-state index in [1.807, 2.05) is 48.5 Å². The van der Waals surface area contributed by atoms with Crippen molar-refractivity contribution in [3.05, 3.63) is 76.3 Å². The maximum absolute atomic E-state index is 11.9. The summed E-state index contributed by atoms with van der Waals surface area (Å²) in [7, 11) is 3.50. The zero-order valence-electron chi connectivity index (χ0n) is 13.6. The Labute approximate surface area is 150 Å². The number of ether oxygens (including phenoxy) is 1. The molecule has 3 aromatic carbocycles. The van der Waals surface area contributed by atoms with Crippen LogP contribution in [0.15, 0.2) is 65.1 Å². The molecule has 0 bridgehead atoms. The molecule has 0 unspecified atom stereocenters. The van der Waals surface area contributed by atoms with Crippen LogP contribution < -0.4 is 4.74 Å². The molecule has 0 aliphatic heterocycles. The molecule has 0 N–H and O–H groups in total. The van der Waals surface area contributed by atoms with Crippen molar-refractivity contribution in [1.29, 1.82) is 0 Å². The largest absolute Gasteiger partial charge is 0.489 e. The summed E-state index contributed by atoms with van der Waals surface area (Å²) in [6.45, 7) is 0.471. The van der Waals surface area contributed by atoms with Crippen LogP contribution in [0.4, 0.5) is 0 Å². The molecular formula is C20H18BrNO2. The number of carbonyl (C=O) groups excluding carboxylic acids is 1. The minimum atomic E-state index is 0.00292. The highest BCUT2D eigenvalue weighted by Gasteiger charge is 2.07. The standard InChI is InChI=1S/C20H18BrNO2/c1-22(2)20(23)15-5-3-14(4-6-15)13-24-19-10-8-16-11-18(21)9-7-17(16)12-19/h3-12H,13H2,1-2H3. The van der Waals surface area contributed by atoms with E-state index < -0.39 is 0 Å². The maximum Gasteiger partial charge on any atom is 0.253 e. The van der Waals surface area contributed by atoms with Gasteiger partial charge in [0, 0.05) is 24.1 Å². The highest BCUT2D eigenvalue weighted by atomic mass is 79.9. The van der Waals surface area contributed by atoms with Crippen molar-refractivity contribution in [1.82, 2.24) is 4.90 Å². The fraction of sp³-hybridized carbons (Fsp3) is 0.150. The fourth-order valence-corrected chi connectivity index (χ4v) is 2.83. The average Bonchev–Trinajstić information content (AvgIpc) is 2.59. The highest BCUT2D eigenvalue weighted by Crippen LogP contribution is 2.24. The maximum atomic E-state index is 11.9. The van der Waals surface area contributed by atoms with Crippen LogP contribution in [0.3, 0.4) is 0 Å². The molecular weight excluding hydrogens is 366 g/mol. The minimum absolute atomic E-state index is 0.00292. The Morgan fingerprint density at radius 2 is 1.62 bits per heavy atom. The van der Waals surface area contributed by atoms with Crippen molar-refractivity contribution >= 4 is 32.6 Å². The Morgan fingerprint density at radius 1 is 0.958 bits per heavy atom. The van der Waals surface area contributed by atoms with Gasteiger partial charge in [-0.3, -0.25) is 4.79 Å². The van der Waals surface area contributed by atoms with Crippen molar-refractivity contribution in [3.63, 3.8) is 0 Å². The summed E-state index contributed by atoms with van der Waals surface area (Å²) in [5.41, 5.74) is 1.71. The molecule has 0 saturated carbocycles. The Balaban J connectivity index is 1.69. The first kappa shape index (κ1) is 16.5. The molecule has 4 heteroatoms. The topological polar surface area (TPSA) is 29.5 Å². The third-order valence-electron chi connectivity index (χ3n) is 3.79. The molecule has 0 fully saturated rings. The summed E-state index contributed by atoms with van der Waals surface area (Å²) >= 11 is 3.48. The Hall–Kier alpha value is -2.33. The Morgan fingerprint density at radius 3 is 2.33 bits per heavy atom. The van der Waals surface area contributed by atoms with Crippen LogP contribution >= 0.6 is 15.9 Å². The normalized spacial score (nSPS) is 10.6. The molecule has 0 heterocycles. The number of rotatable bonds is 4. The number of fused-ring (bicyclic) bond motifs is 1. The second kappa shape index (κ2) is 7.05. The van der Waals surface area contributed by atoms with Crippen LogP contribution in [0.25, 0.3) is 10.8 Å². The Bertz CT molecular complexity index is 872. The van der Waals surface area contributed by atoms with Crippen LogP contribution in [0.2, 0.25) is 0 Å². The second-order valence-electron chi connectivity index (χ2n) is 5.84. The van der Waals surface area contributed by atoms with Gasteiger partial charge in [0.25, 0.3) is 5.91 Å². The van der Waals surface area contributed by atoms with Gasteiger partial charge in [-0.25, -0.2) is 0 Å². The van der Waals surface area contributed by atoms with Crippen molar-refractivity contribution in [2.75, 3.05) is 14.1 Å². The van der Waals surface area contributed by atoms with E-state index in [2.05, 4.69) is 28.1 Å². The molecule has 0 radical (unpaired) electrons. The van der Waals surface area contributed by atoms with E-state index in [0.29, 0.717) is 12.2 Å². The summed E-state index contributed by atoms with van der Waals surface area (Å²) < 4.78 is 6.94. The number of halogens is 1. The number of benzene rings is 3. The number of carbonyl (C=O) groups is 1. The van der Waals surface area contributed by atoms with Gasteiger partial charge >= 0.3 is 0 Å². The number of nitrogens with zero attached hydrogens (tertiary/aromatic N) is 1. The summed E-state index contributed by atoms with van der Waals surface area (Å²) in [5.74, 6) is 0.835.